The van der Waals surface area contributed by atoms with E-state index in [2.05, 4.69) is 0 Å². The average molecular weight is 264 g/mol. The normalized spacial score (nSPS) is 11.4. The Labute approximate surface area is 105 Å². The Kier molecular flexibility index (Phi) is 3.11. The van der Waals surface area contributed by atoms with E-state index in [1.54, 1.807) is 37.3 Å². The fraction of sp³-hybridized carbons (Fsp3) is 0.0769. The highest BCUT2D eigenvalue weighted by molar-refractivity contribution is 7.86. The van der Waals surface area contributed by atoms with E-state index in [0.29, 0.717) is 5.56 Å². The smallest absolute Gasteiger partial charge is 0.295 e. The zero-order valence-electron chi connectivity index (χ0n) is 9.66. The molecule has 0 aliphatic heterocycles. The minimum Gasteiger partial charge on any atom is -0.507 e. The van der Waals surface area contributed by atoms with Crippen LogP contribution in [0.5, 0.6) is 5.75 Å². The molecule has 0 saturated carbocycles. The molecule has 0 aliphatic rings. The fourth-order valence-corrected chi connectivity index (χ4v) is 2.47. The van der Waals surface area contributed by atoms with Gasteiger partial charge in [0.2, 0.25) is 0 Å². The van der Waals surface area contributed by atoms with Crippen molar-refractivity contribution in [1.29, 1.82) is 0 Å². The summed E-state index contributed by atoms with van der Waals surface area (Å²) in [5.74, 6) is -0.0343. The van der Waals surface area contributed by atoms with Crippen molar-refractivity contribution >= 4 is 10.1 Å². The van der Waals surface area contributed by atoms with Gasteiger partial charge in [0.15, 0.2) is 0 Å². The summed E-state index contributed by atoms with van der Waals surface area (Å²) in [5.41, 5.74) is 1.49. The van der Waals surface area contributed by atoms with Crippen LogP contribution >= 0.6 is 0 Å². The molecule has 5 heteroatoms. The van der Waals surface area contributed by atoms with Crippen molar-refractivity contribution in [3.8, 4) is 16.9 Å². The van der Waals surface area contributed by atoms with Crippen molar-refractivity contribution in [2.24, 2.45) is 0 Å². The predicted molar refractivity (Wildman–Crippen MR) is 68.1 cm³/mol. The first-order valence-corrected chi connectivity index (χ1v) is 6.70. The molecule has 2 rings (SSSR count). The van der Waals surface area contributed by atoms with E-state index >= 15 is 0 Å². The summed E-state index contributed by atoms with van der Waals surface area (Å²) in [5, 5.41) is 9.77. The van der Waals surface area contributed by atoms with Gasteiger partial charge in [-0.05, 0) is 25.1 Å². The monoisotopic (exact) mass is 264 g/mol. The maximum Gasteiger partial charge on any atom is 0.295 e. The van der Waals surface area contributed by atoms with Crippen LogP contribution in [0.15, 0.2) is 47.4 Å². The number of aryl methyl sites for hydroxylation is 1. The second-order valence-corrected chi connectivity index (χ2v) is 5.38. The Morgan fingerprint density at radius 3 is 2.28 bits per heavy atom. The van der Waals surface area contributed by atoms with Crippen LogP contribution in [-0.2, 0) is 10.1 Å². The van der Waals surface area contributed by atoms with Crippen molar-refractivity contribution in [3.63, 3.8) is 0 Å². The summed E-state index contributed by atoms with van der Waals surface area (Å²) >= 11 is 0. The fourth-order valence-electron chi connectivity index (χ4n) is 1.78. The summed E-state index contributed by atoms with van der Waals surface area (Å²) < 4.78 is 31.9. The lowest BCUT2D eigenvalue weighted by Crippen LogP contribution is -2.01. The summed E-state index contributed by atoms with van der Waals surface area (Å²) in [6.07, 6.45) is 0. The maximum absolute atomic E-state index is 11.3. The van der Waals surface area contributed by atoms with Gasteiger partial charge in [-0.15, -0.1) is 0 Å². The van der Waals surface area contributed by atoms with Crippen LogP contribution in [0.3, 0.4) is 0 Å². The molecule has 0 aliphatic carbocycles. The minimum atomic E-state index is -4.33. The molecule has 0 aromatic heterocycles. The van der Waals surface area contributed by atoms with Gasteiger partial charge in [-0.3, -0.25) is 4.55 Å². The first kappa shape index (κ1) is 12.6. The molecule has 2 aromatic carbocycles. The molecule has 0 amide bonds. The quantitative estimate of drug-likeness (QED) is 0.818. The van der Waals surface area contributed by atoms with Crippen molar-refractivity contribution in [3.05, 3.63) is 48.0 Å². The number of para-hydroxylation sites is 1. The molecule has 0 heterocycles. The molecule has 2 N–H and O–H groups in total. The van der Waals surface area contributed by atoms with Gasteiger partial charge >= 0.3 is 0 Å². The lowest BCUT2D eigenvalue weighted by atomic mass is 10.0. The highest BCUT2D eigenvalue weighted by atomic mass is 32.2. The van der Waals surface area contributed by atoms with E-state index in [4.69, 9.17) is 0 Å². The molecule has 0 fully saturated rings. The molecule has 0 saturated heterocycles. The first-order valence-electron chi connectivity index (χ1n) is 5.26. The van der Waals surface area contributed by atoms with E-state index in [9.17, 15) is 18.1 Å². The van der Waals surface area contributed by atoms with Crippen LogP contribution in [0.2, 0.25) is 0 Å². The van der Waals surface area contributed by atoms with Crippen LogP contribution in [0.25, 0.3) is 11.1 Å². The zero-order valence-corrected chi connectivity index (χ0v) is 10.5. The van der Waals surface area contributed by atoms with Crippen LogP contribution in [-0.4, -0.2) is 18.1 Å². The molecule has 0 bridgehead atoms. The van der Waals surface area contributed by atoms with Crippen LogP contribution in [0.1, 0.15) is 5.56 Å². The van der Waals surface area contributed by atoms with Crippen LogP contribution < -0.4 is 0 Å². The first-order chi connectivity index (χ1) is 8.39. The van der Waals surface area contributed by atoms with E-state index in [-0.39, 0.29) is 16.2 Å². The second-order valence-electron chi connectivity index (χ2n) is 3.99. The van der Waals surface area contributed by atoms with E-state index in [1.807, 2.05) is 0 Å². The second kappa shape index (κ2) is 4.44. The Hall–Kier alpha value is -1.85. The predicted octanol–water partition coefficient (Wildman–Crippen LogP) is 2.61. The van der Waals surface area contributed by atoms with Crippen molar-refractivity contribution < 1.29 is 18.1 Å². The van der Waals surface area contributed by atoms with E-state index < -0.39 is 10.1 Å². The molecular weight excluding hydrogens is 252 g/mol. The molecule has 94 valence electrons. The lowest BCUT2D eigenvalue weighted by Gasteiger charge is -2.10. The molecule has 4 nitrogen and oxygen atoms in total. The largest absolute Gasteiger partial charge is 0.507 e. The third kappa shape index (κ3) is 2.37. The van der Waals surface area contributed by atoms with Gasteiger partial charge < -0.3 is 5.11 Å². The zero-order chi connectivity index (χ0) is 13.3. The van der Waals surface area contributed by atoms with E-state index in [0.717, 1.165) is 5.56 Å². The number of hydrogen-bond donors (Lipinski definition) is 2. The Morgan fingerprint density at radius 1 is 1.00 bits per heavy atom. The SMILES string of the molecule is Cc1ccc(S(=O)(=O)O)c(-c2ccccc2O)c1. The number of rotatable bonds is 2. The highest BCUT2D eigenvalue weighted by Gasteiger charge is 2.18. The molecular formula is C13H12O4S. The molecule has 0 spiro atoms. The minimum absolute atomic E-state index is 0.0343. The van der Waals surface area contributed by atoms with Crippen molar-refractivity contribution in [1.82, 2.24) is 0 Å². The topological polar surface area (TPSA) is 74.6 Å². The van der Waals surface area contributed by atoms with Gasteiger partial charge in [-0.25, -0.2) is 0 Å². The van der Waals surface area contributed by atoms with Crippen molar-refractivity contribution in [2.75, 3.05) is 0 Å². The molecule has 2 aromatic rings. The number of benzene rings is 2. The van der Waals surface area contributed by atoms with Gasteiger partial charge in [0.05, 0.1) is 0 Å². The third-order valence-electron chi connectivity index (χ3n) is 2.61. The summed E-state index contributed by atoms with van der Waals surface area (Å²) in [6.45, 7) is 1.80. The molecule has 18 heavy (non-hydrogen) atoms. The average Bonchev–Trinajstić information content (AvgIpc) is 2.27. The maximum atomic E-state index is 11.3. The van der Waals surface area contributed by atoms with Gasteiger partial charge in [0, 0.05) is 11.1 Å². The Bertz CT molecular complexity index is 690. The standard InChI is InChI=1S/C13H12O4S/c1-9-6-7-13(18(15,16)17)11(8-9)10-4-2-3-5-12(10)14/h2-8,14H,1H3,(H,15,16,17). The van der Waals surface area contributed by atoms with E-state index in [1.165, 1.54) is 12.1 Å². The summed E-state index contributed by atoms with van der Waals surface area (Å²) in [4.78, 5) is -0.213. The Balaban J connectivity index is 2.79. The summed E-state index contributed by atoms with van der Waals surface area (Å²) in [6, 6.07) is 10.9. The van der Waals surface area contributed by atoms with Crippen LogP contribution in [0.4, 0.5) is 0 Å². The van der Waals surface area contributed by atoms with Gasteiger partial charge in [0.1, 0.15) is 10.6 Å². The van der Waals surface area contributed by atoms with Gasteiger partial charge in [0.25, 0.3) is 10.1 Å². The molecule has 0 atom stereocenters. The van der Waals surface area contributed by atoms with Crippen LogP contribution in [0, 0.1) is 6.92 Å². The van der Waals surface area contributed by atoms with Gasteiger partial charge in [-0.1, -0.05) is 29.8 Å². The molecule has 0 radical (unpaired) electrons. The van der Waals surface area contributed by atoms with Crippen molar-refractivity contribution in [2.45, 2.75) is 11.8 Å². The lowest BCUT2D eigenvalue weighted by molar-refractivity contribution is 0.476. The number of phenols is 1. The summed E-state index contributed by atoms with van der Waals surface area (Å²) in [7, 11) is -4.33. The number of hydrogen-bond acceptors (Lipinski definition) is 3. The number of aromatic hydroxyl groups is 1. The Morgan fingerprint density at radius 2 is 1.67 bits per heavy atom. The van der Waals surface area contributed by atoms with Gasteiger partial charge in [-0.2, -0.15) is 8.42 Å². The third-order valence-corrected chi connectivity index (χ3v) is 3.52. The molecule has 0 unspecified atom stereocenters. The number of phenolic OH excluding ortho intramolecular Hbond substituents is 1. The highest BCUT2D eigenvalue weighted by Crippen LogP contribution is 2.34.